The first-order chi connectivity index (χ1) is 8.13. The summed E-state index contributed by atoms with van der Waals surface area (Å²) in [6, 6.07) is 10.4. The van der Waals surface area contributed by atoms with Crippen LogP contribution in [0.15, 0.2) is 42.5 Å². The number of rotatable bonds is 5. The van der Waals surface area contributed by atoms with Crippen molar-refractivity contribution < 1.29 is 4.79 Å². The van der Waals surface area contributed by atoms with Crippen LogP contribution in [0, 0.1) is 0 Å². The van der Waals surface area contributed by atoms with Crippen LogP contribution in [0.2, 0.25) is 0 Å². The van der Waals surface area contributed by atoms with Crippen LogP contribution in [0.5, 0.6) is 0 Å². The van der Waals surface area contributed by atoms with Crippen molar-refractivity contribution in [2.24, 2.45) is 0 Å². The second-order valence-corrected chi connectivity index (χ2v) is 6.14. The van der Waals surface area contributed by atoms with Gasteiger partial charge < -0.3 is 0 Å². The highest BCUT2D eigenvalue weighted by Gasteiger charge is 2.14. The van der Waals surface area contributed by atoms with Crippen molar-refractivity contribution in [2.75, 3.05) is 6.26 Å². The maximum atomic E-state index is 11.4. The molecule has 1 rings (SSSR count). The Bertz CT molecular complexity index is 373. The van der Waals surface area contributed by atoms with Gasteiger partial charge in [-0.2, -0.15) is 0 Å². The van der Waals surface area contributed by atoms with Gasteiger partial charge in [0.15, 0.2) is 0 Å². The molecule has 1 unspecified atom stereocenters. The van der Waals surface area contributed by atoms with Gasteiger partial charge in [-0.25, -0.2) is 0 Å². The molecule has 0 aliphatic carbocycles. The quantitative estimate of drug-likeness (QED) is 0.714. The van der Waals surface area contributed by atoms with Crippen molar-refractivity contribution in [2.45, 2.75) is 25.0 Å². The Labute approximate surface area is 112 Å². The summed E-state index contributed by atoms with van der Waals surface area (Å²) < 4.78 is 0.172. The zero-order chi connectivity index (χ0) is 12.7. The summed E-state index contributed by atoms with van der Waals surface area (Å²) in [5, 5.41) is 0.232. The molecule has 17 heavy (non-hydrogen) atoms. The molecular formula is C14H18OS2. The predicted molar refractivity (Wildman–Crippen MR) is 79.9 cm³/mol. The van der Waals surface area contributed by atoms with Crippen molar-refractivity contribution in [3.8, 4) is 0 Å². The smallest absolute Gasteiger partial charge is 0.246 e. The zero-order valence-corrected chi connectivity index (χ0v) is 11.9. The van der Waals surface area contributed by atoms with E-state index in [2.05, 4.69) is 18.7 Å². The lowest BCUT2D eigenvalue weighted by Crippen LogP contribution is -2.07. The fourth-order valence-corrected chi connectivity index (χ4v) is 2.92. The highest BCUT2D eigenvalue weighted by molar-refractivity contribution is 8.38. The van der Waals surface area contributed by atoms with Crippen LogP contribution in [0.25, 0.3) is 0 Å². The molecule has 0 radical (unpaired) electrons. The molecule has 0 aromatic heterocycles. The van der Waals surface area contributed by atoms with Crippen LogP contribution in [0.1, 0.15) is 18.9 Å². The summed E-state index contributed by atoms with van der Waals surface area (Å²) in [7, 11) is 0. The predicted octanol–water partition coefficient (Wildman–Crippen LogP) is 4.78. The molecule has 0 aliphatic heterocycles. The first-order valence-electron chi connectivity index (χ1n) is 5.57. The van der Waals surface area contributed by atoms with Crippen LogP contribution in [-0.2, 0) is 6.42 Å². The Morgan fingerprint density at radius 1 is 1.35 bits per heavy atom. The van der Waals surface area contributed by atoms with E-state index in [1.165, 1.54) is 29.1 Å². The number of carbonyl (C=O) groups excluding carboxylic acids is 1. The average Bonchev–Trinajstić information content (AvgIpc) is 2.35. The molecule has 1 aromatic rings. The molecule has 0 heterocycles. The van der Waals surface area contributed by atoms with E-state index in [4.69, 9.17) is 0 Å². The topological polar surface area (TPSA) is 17.1 Å². The lowest BCUT2D eigenvalue weighted by molar-refractivity contribution is 0.276. The van der Waals surface area contributed by atoms with E-state index in [0.29, 0.717) is 0 Å². The van der Waals surface area contributed by atoms with E-state index in [-0.39, 0.29) is 9.70 Å². The van der Waals surface area contributed by atoms with E-state index in [9.17, 15) is 4.79 Å². The van der Waals surface area contributed by atoms with Crippen LogP contribution in [0.3, 0.4) is 0 Å². The number of hydrogen-bond acceptors (Lipinski definition) is 3. The van der Waals surface area contributed by atoms with E-state index < -0.39 is 0 Å². The van der Waals surface area contributed by atoms with Crippen molar-refractivity contribution in [1.82, 2.24) is 0 Å². The molecule has 1 atom stereocenters. The molecule has 0 fully saturated rings. The van der Waals surface area contributed by atoms with Gasteiger partial charge in [0.25, 0.3) is 0 Å². The third-order valence-electron chi connectivity index (χ3n) is 2.49. The Balaban J connectivity index is 2.50. The van der Waals surface area contributed by atoms with E-state index in [1.807, 2.05) is 31.4 Å². The van der Waals surface area contributed by atoms with Gasteiger partial charge in [0, 0.05) is 5.25 Å². The lowest BCUT2D eigenvalue weighted by Gasteiger charge is -2.14. The molecular weight excluding hydrogens is 248 g/mol. The van der Waals surface area contributed by atoms with Crippen LogP contribution in [0.4, 0.5) is 4.79 Å². The highest BCUT2D eigenvalue weighted by Crippen LogP contribution is 2.27. The molecule has 92 valence electrons. The number of hydrogen-bond donors (Lipinski definition) is 0. The summed E-state index contributed by atoms with van der Waals surface area (Å²) in [5.74, 6) is 0. The largest absolute Gasteiger partial charge is 0.274 e. The van der Waals surface area contributed by atoms with Gasteiger partial charge >= 0.3 is 0 Å². The van der Waals surface area contributed by atoms with E-state index in [0.717, 1.165) is 18.4 Å². The summed E-state index contributed by atoms with van der Waals surface area (Å²) >= 11 is 2.67. The zero-order valence-electron chi connectivity index (χ0n) is 10.3. The minimum Gasteiger partial charge on any atom is -0.274 e. The first kappa shape index (κ1) is 14.4. The second-order valence-electron chi connectivity index (χ2n) is 3.93. The second kappa shape index (κ2) is 7.62. The molecule has 0 saturated carbocycles. The summed E-state index contributed by atoms with van der Waals surface area (Å²) in [6.45, 7) is 5.97. The minimum atomic E-state index is 0.172. The fourth-order valence-electron chi connectivity index (χ4n) is 1.51. The van der Waals surface area contributed by atoms with Gasteiger partial charge in [-0.15, -0.1) is 0 Å². The van der Waals surface area contributed by atoms with Crippen molar-refractivity contribution in [3.05, 3.63) is 48.0 Å². The number of thioether (sulfide) groups is 2. The molecule has 0 amide bonds. The lowest BCUT2D eigenvalue weighted by atomic mass is 10.1. The Morgan fingerprint density at radius 2 is 2.00 bits per heavy atom. The summed E-state index contributed by atoms with van der Waals surface area (Å²) in [4.78, 5) is 11.4. The Morgan fingerprint density at radius 3 is 2.53 bits per heavy atom. The molecule has 0 aliphatic rings. The van der Waals surface area contributed by atoms with Gasteiger partial charge in [-0.3, -0.25) is 4.79 Å². The highest BCUT2D eigenvalue weighted by atomic mass is 32.2. The SMILES string of the molecule is C=C(C)C(CCc1ccccc1)SC(=O)SC. The molecule has 0 bridgehead atoms. The molecule has 1 nitrogen and oxygen atoms in total. The van der Waals surface area contributed by atoms with Gasteiger partial charge in [-0.1, -0.05) is 66.0 Å². The molecule has 1 aromatic carbocycles. The molecule has 3 heteroatoms. The van der Waals surface area contributed by atoms with Crippen molar-refractivity contribution in [1.29, 1.82) is 0 Å². The van der Waals surface area contributed by atoms with Gasteiger partial charge in [-0.05, 0) is 31.6 Å². The monoisotopic (exact) mass is 266 g/mol. The standard InChI is InChI=1S/C14H18OS2/c1-11(2)13(17-14(15)16-3)10-9-12-7-5-4-6-8-12/h4-8,13H,1,9-10H2,2-3H3. The number of aryl methyl sites for hydroxylation is 1. The maximum absolute atomic E-state index is 11.4. The van der Waals surface area contributed by atoms with Crippen LogP contribution < -0.4 is 0 Å². The van der Waals surface area contributed by atoms with Crippen molar-refractivity contribution >= 4 is 28.0 Å². The number of benzene rings is 1. The van der Waals surface area contributed by atoms with Gasteiger partial charge in [0.2, 0.25) is 4.45 Å². The maximum Gasteiger partial charge on any atom is 0.246 e. The average molecular weight is 266 g/mol. The van der Waals surface area contributed by atoms with Gasteiger partial charge in [0.05, 0.1) is 0 Å². The normalized spacial score (nSPS) is 12.1. The van der Waals surface area contributed by atoms with E-state index >= 15 is 0 Å². The van der Waals surface area contributed by atoms with Gasteiger partial charge in [0.1, 0.15) is 0 Å². The van der Waals surface area contributed by atoms with Crippen LogP contribution >= 0.6 is 23.5 Å². The Hall–Kier alpha value is -0.670. The van der Waals surface area contributed by atoms with Crippen LogP contribution in [-0.4, -0.2) is 16.0 Å². The first-order valence-corrected chi connectivity index (χ1v) is 7.68. The summed E-state index contributed by atoms with van der Waals surface area (Å²) in [6.07, 6.45) is 3.78. The number of carbonyl (C=O) groups is 1. The molecule has 0 spiro atoms. The third kappa shape index (κ3) is 5.46. The minimum absolute atomic E-state index is 0.172. The Kier molecular flexibility index (Phi) is 6.45. The molecule has 0 saturated heterocycles. The third-order valence-corrected chi connectivity index (χ3v) is 4.73. The van der Waals surface area contributed by atoms with Crippen molar-refractivity contribution in [3.63, 3.8) is 0 Å². The fraction of sp³-hybridized carbons (Fsp3) is 0.357. The summed E-state index contributed by atoms with van der Waals surface area (Å²) in [5.41, 5.74) is 2.39. The van der Waals surface area contributed by atoms with E-state index in [1.54, 1.807) is 0 Å². The molecule has 0 N–H and O–H groups in total.